The van der Waals surface area contributed by atoms with Gasteiger partial charge in [-0.25, -0.2) is 13.2 Å². The number of fused-ring (bicyclic) bond motifs is 1. The maximum atomic E-state index is 13.2. The minimum Gasteiger partial charge on any atom is -0.497 e. The Bertz CT molecular complexity index is 1350. The number of hydrogen-bond acceptors (Lipinski definition) is 9. The number of nitrogens with zero attached hydrogens (tertiary/aromatic N) is 2. The van der Waals surface area contributed by atoms with Gasteiger partial charge in [0, 0.05) is 25.7 Å². The van der Waals surface area contributed by atoms with Crippen LogP contribution in [0.1, 0.15) is 46.0 Å². The first-order chi connectivity index (χ1) is 18.1. The van der Waals surface area contributed by atoms with Crippen molar-refractivity contribution in [2.45, 2.75) is 24.7 Å². The zero-order valence-electron chi connectivity index (χ0n) is 21.6. The number of esters is 1. The normalized spacial score (nSPS) is 16.6. The summed E-state index contributed by atoms with van der Waals surface area (Å²) in [5.74, 6) is -1.44. The summed E-state index contributed by atoms with van der Waals surface area (Å²) in [6.07, 6.45) is 0. The second-order valence-electron chi connectivity index (χ2n) is 9.00. The summed E-state index contributed by atoms with van der Waals surface area (Å²) in [5, 5.41) is -0.0820. The Morgan fingerprint density at radius 3 is 2.49 bits per heavy atom. The van der Waals surface area contributed by atoms with Gasteiger partial charge in [0.2, 0.25) is 0 Å². The van der Waals surface area contributed by atoms with E-state index in [1.807, 2.05) is 13.8 Å². The molecule has 2 aliphatic heterocycles. The van der Waals surface area contributed by atoms with Crippen LogP contribution < -0.4 is 9.47 Å². The van der Waals surface area contributed by atoms with Crippen molar-refractivity contribution in [3.05, 3.63) is 51.0 Å². The lowest BCUT2D eigenvalue weighted by Gasteiger charge is -2.26. The predicted octanol–water partition coefficient (Wildman–Crippen LogP) is 4.22. The Kier molecular flexibility index (Phi) is 10.4. The molecule has 2 aliphatic rings. The molecule has 1 fully saturated rings. The van der Waals surface area contributed by atoms with Gasteiger partial charge < -0.3 is 18.9 Å². The third kappa shape index (κ3) is 6.39. The number of morpholine rings is 1. The lowest BCUT2D eigenvalue weighted by Crippen LogP contribution is -2.38. The molecule has 4 rings (SSSR count). The number of ether oxygens (including phenoxy) is 4. The van der Waals surface area contributed by atoms with E-state index < -0.39 is 28.6 Å². The Hall–Kier alpha value is -2.28. The molecule has 0 saturated carbocycles. The van der Waals surface area contributed by atoms with Gasteiger partial charge in [-0.15, -0.1) is 12.4 Å². The standard InChI is InChI=1S/C25H28Cl2N2O8S.ClH/c1-15(2)17-12-16(34-3)13-20-21(17)24(30)29(38(20,32)33)14-37-25(31)22-18(26)4-5-19(23(22)27)36-11-8-28-6-9-35-10-7-28;/h4-5,12-13,15H,6-11,14H2,1-3H3;1H. The number of benzene rings is 2. The molecule has 0 unspecified atom stereocenters. The molecule has 10 nitrogen and oxygen atoms in total. The smallest absolute Gasteiger partial charge is 0.343 e. The van der Waals surface area contributed by atoms with Crippen molar-refractivity contribution in [1.29, 1.82) is 0 Å². The molecule has 2 aromatic rings. The van der Waals surface area contributed by atoms with Gasteiger partial charge in [-0.1, -0.05) is 37.0 Å². The van der Waals surface area contributed by atoms with Gasteiger partial charge in [-0.3, -0.25) is 9.69 Å². The van der Waals surface area contributed by atoms with Crippen molar-refractivity contribution in [1.82, 2.24) is 9.21 Å². The average molecular weight is 624 g/mol. The second kappa shape index (κ2) is 12.9. The molecule has 0 N–H and O–H groups in total. The largest absolute Gasteiger partial charge is 0.497 e. The van der Waals surface area contributed by atoms with Crippen LogP contribution in [0.4, 0.5) is 0 Å². The molecule has 214 valence electrons. The fraction of sp³-hybridized carbons (Fsp3) is 0.440. The number of hydrogen-bond donors (Lipinski definition) is 0. The highest BCUT2D eigenvalue weighted by Crippen LogP contribution is 2.39. The number of sulfonamides is 1. The summed E-state index contributed by atoms with van der Waals surface area (Å²) in [4.78, 5) is 28.1. The molecule has 14 heteroatoms. The number of carbonyl (C=O) groups is 2. The Morgan fingerprint density at radius 1 is 1.15 bits per heavy atom. The Balaban J connectivity index is 0.00000420. The van der Waals surface area contributed by atoms with E-state index in [2.05, 4.69) is 4.90 Å². The van der Waals surface area contributed by atoms with Crippen LogP contribution >= 0.6 is 35.6 Å². The van der Waals surface area contributed by atoms with Gasteiger partial charge in [0.1, 0.15) is 28.6 Å². The number of amides is 1. The van der Waals surface area contributed by atoms with Crippen LogP contribution in [0, 0.1) is 0 Å². The molecular weight excluding hydrogens is 595 g/mol. The van der Waals surface area contributed by atoms with Crippen molar-refractivity contribution in [3.63, 3.8) is 0 Å². The minimum atomic E-state index is -4.29. The van der Waals surface area contributed by atoms with Crippen LogP contribution in [0.3, 0.4) is 0 Å². The van der Waals surface area contributed by atoms with Crippen molar-refractivity contribution in [2.24, 2.45) is 0 Å². The predicted molar refractivity (Wildman–Crippen MR) is 147 cm³/mol. The zero-order valence-corrected chi connectivity index (χ0v) is 24.7. The van der Waals surface area contributed by atoms with E-state index in [0.29, 0.717) is 42.0 Å². The summed E-state index contributed by atoms with van der Waals surface area (Å²) in [6.45, 7) is 6.66. The summed E-state index contributed by atoms with van der Waals surface area (Å²) in [7, 11) is -2.89. The summed E-state index contributed by atoms with van der Waals surface area (Å²) in [5.41, 5.74) is 0.349. The monoisotopic (exact) mass is 622 g/mol. The van der Waals surface area contributed by atoms with Crippen LogP contribution in [-0.4, -0.2) is 82.8 Å². The van der Waals surface area contributed by atoms with Crippen molar-refractivity contribution in [3.8, 4) is 11.5 Å². The number of halogens is 3. The number of methoxy groups -OCH3 is 1. The third-order valence-corrected chi connectivity index (χ3v) is 8.73. The molecule has 0 spiro atoms. The van der Waals surface area contributed by atoms with E-state index in [1.54, 1.807) is 6.07 Å². The molecule has 0 atom stereocenters. The number of carbonyl (C=O) groups excluding carboxylic acids is 2. The molecule has 0 aromatic heterocycles. The van der Waals surface area contributed by atoms with E-state index in [0.717, 1.165) is 13.1 Å². The molecule has 0 aliphatic carbocycles. The van der Waals surface area contributed by atoms with Crippen LogP contribution in [0.2, 0.25) is 10.0 Å². The molecule has 1 saturated heterocycles. The van der Waals surface area contributed by atoms with Gasteiger partial charge in [-0.2, -0.15) is 4.31 Å². The quantitative estimate of drug-likeness (QED) is 0.379. The first-order valence-corrected chi connectivity index (χ1v) is 14.1. The van der Waals surface area contributed by atoms with Gasteiger partial charge >= 0.3 is 5.97 Å². The highest BCUT2D eigenvalue weighted by atomic mass is 35.5. The second-order valence-corrected chi connectivity index (χ2v) is 11.6. The van der Waals surface area contributed by atoms with E-state index in [1.165, 1.54) is 25.3 Å². The van der Waals surface area contributed by atoms with Gasteiger partial charge in [0.05, 0.1) is 35.9 Å². The third-order valence-electron chi connectivity index (χ3n) is 6.31. The molecule has 2 aromatic carbocycles. The fourth-order valence-corrected chi connectivity index (χ4v) is 6.27. The summed E-state index contributed by atoms with van der Waals surface area (Å²) in [6, 6.07) is 5.87. The highest BCUT2D eigenvalue weighted by Gasteiger charge is 2.44. The highest BCUT2D eigenvalue weighted by molar-refractivity contribution is 7.90. The van der Waals surface area contributed by atoms with Crippen LogP contribution in [0.5, 0.6) is 11.5 Å². The van der Waals surface area contributed by atoms with E-state index in [4.69, 9.17) is 42.1 Å². The summed E-state index contributed by atoms with van der Waals surface area (Å²) >= 11 is 12.6. The molecule has 2 heterocycles. The topological polar surface area (TPSA) is 112 Å². The molecule has 0 radical (unpaired) electrons. The van der Waals surface area contributed by atoms with Gasteiger partial charge in [-0.05, 0) is 29.7 Å². The zero-order chi connectivity index (χ0) is 27.6. The fourth-order valence-electron chi connectivity index (χ4n) is 4.23. The van der Waals surface area contributed by atoms with Crippen molar-refractivity contribution in [2.75, 3.05) is 53.3 Å². The lowest BCUT2D eigenvalue weighted by atomic mass is 9.96. The van der Waals surface area contributed by atoms with Crippen LogP contribution in [0.15, 0.2) is 29.2 Å². The first kappa shape index (κ1) is 31.3. The Morgan fingerprint density at radius 2 is 1.85 bits per heavy atom. The molecular formula is C25H29Cl3N2O8S. The SMILES string of the molecule is COc1cc(C(C)C)c2c(c1)S(=O)(=O)N(COC(=O)c1c(Cl)ccc(OCCN3CCOCC3)c1Cl)C2=O.Cl. The first-order valence-electron chi connectivity index (χ1n) is 11.9. The minimum absolute atomic E-state index is 0. The molecule has 39 heavy (non-hydrogen) atoms. The maximum absolute atomic E-state index is 13.2. The molecule has 1 amide bonds. The van der Waals surface area contributed by atoms with Crippen LogP contribution in [-0.2, 0) is 19.5 Å². The summed E-state index contributed by atoms with van der Waals surface area (Å²) < 4.78 is 48.4. The number of rotatable bonds is 9. The van der Waals surface area contributed by atoms with Gasteiger partial charge in [0.15, 0.2) is 6.73 Å². The Labute approximate surface area is 243 Å². The molecule has 0 bridgehead atoms. The maximum Gasteiger partial charge on any atom is 0.343 e. The average Bonchev–Trinajstić information content (AvgIpc) is 3.08. The van der Waals surface area contributed by atoms with E-state index >= 15 is 0 Å². The van der Waals surface area contributed by atoms with E-state index in [9.17, 15) is 18.0 Å². The van der Waals surface area contributed by atoms with Gasteiger partial charge in [0.25, 0.3) is 15.9 Å². The lowest BCUT2D eigenvalue weighted by molar-refractivity contribution is 0.0320. The van der Waals surface area contributed by atoms with E-state index in [-0.39, 0.29) is 50.1 Å². The van der Waals surface area contributed by atoms with Crippen molar-refractivity contribution < 1.29 is 37.0 Å². The van der Waals surface area contributed by atoms with Crippen molar-refractivity contribution >= 4 is 57.5 Å². The van der Waals surface area contributed by atoms with Crippen LogP contribution in [0.25, 0.3) is 0 Å².